The van der Waals surface area contributed by atoms with Gasteiger partial charge in [-0.15, -0.1) is 0 Å². The second kappa shape index (κ2) is 7.96. The summed E-state index contributed by atoms with van der Waals surface area (Å²) in [6, 6.07) is 14.5. The highest BCUT2D eigenvalue weighted by Gasteiger charge is 2.22. The van der Waals surface area contributed by atoms with E-state index in [-0.39, 0.29) is 32.0 Å². The van der Waals surface area contributed by atoms with Crippen LogP contribution in [0.1, 0.15) is 21.5 Å². The molecule has 0 saturated carbocycles. The van der Waals surface area contributed by atoms with E-state index in [1.807, 2.05) is 43.3 Å². The number of pyridine rings is 1. The topological polar surface area (TPSA) is 83.6 Å². The number of carbonyl (C=O) groups excluding carboxylic acids is 1. The van der Waals surface area contributed by atoms with Gasteiger partial charge in [-0.05, 0) is 36.8 Å². The predicted molar refractivity (Wildman–Crippen MR) is 118 cm³/mol. The van der Waals surface area contributed by atoms with Crippen LogP contribution in [0.4, 0.5) is 5.82 Å². The SMILES string of the molecule is Cc1cc(-n2ncc(C#N)c2NC(=O)c2c(Cl)ccc(Cl)c2Cl)nc2ccccc12. The van der Waals surface area contributed by atoms with Crippen molar-refractivity contribution >= 4 is 57.4 Å². The highest BCUT2D eigenvalue weighted by molar-refractivity contribution is 6.46. The maximum atomic E-state index is 12.9. The second-order valence-corrected chi connectivity index (χ2v) is 7.61. The Morgan fingerprint density at radius 3 is 2.63 bits per heavy atom. The van der Waals surface area contributed by atoms with Crippen LogP contribution < -0.4 is 5.32 Å². The third kappa shape index (κ3) is 3.48. The number of amides is 1. The third-order valence-corrected chi connectivity index (χ3v) is 5.64. The van der Waals surface area contributed by atoms with Gasteiger partial charge in [0.05, 0.1) is 32.3 Å². The normalized spacial score (nSPS) is 10.8. The molecule has 4 aromatic rings. The smallest absolute Gasteiger partial charge is 0.259 e. The predicted octanol–water partition coefficient (Wildman–Crippen LogP) is 5.81. The minimum atomic E-state index is -0.622. The van der Waals surface area contributed by atoms with E-state index in [9.17, 15) is 10.1 Å². The summed E-state index contributed by atoms with van der Waals surface area (Å²) in [5.74, 6) is -0.0219. The van der Waals surface area contributed by atoms with Crippen LogP contribution >= 0.6 is 34.8 Å². The molecule has 0 fully saturated rings. The van der Waals surface area contributed by atoms with E-state index in [0.29, 0.717) is 5.82 Å². The van der Waals surface area contributed by atoms with Crippen molar-refractivity contribution < 1.29 is 4.79 Å². The molecule has 0 aliphatic heterocycles. The molecule has 2 heterocycles. The van der Waals surface area contributed by atoms with Crippen molar-refractivity contribution in [2.45, 2.75) is 6.92 Å². The van der Waals surface area contributed by atoms with Crippen molar-refractivity contribution in [3.8, 4) is 11.9 Å². The summed E-state index contributed by atoms with van der Waals surface area (Å²) in [5, 5.41) is 17.7. The Kier molecular flexibility index (Phi) is 5.35. The molecule has 0 spiro atoms. The van der Waals surface area contributed by atoms with Gasteiger partial charge in [0.15, 0.2) is 11.6 Å². The quantitative estimate of drug-likeness (QED) is 0.394. The van der Waals surface area contributed by atoms with Gasteiger partial charge in [0.25, 0.3) is 5.91 Å². The van der Waals surface area contributed by atoms with Gasteiger partial charge in [-0.2, -0.15) is 15.0 Å². The third-order valence-electron chi connectivity index (χ3n) is 4.52. The van der Waals surface area contributed by atoms with Gasteiger partial charge in [0.1, 0.15) is 11.6 Å². The number of rotatable bonds is 3. The van der Waals surface area contributed by atoms with Crippen molar-refractivity contribution in [2.75, 3.05) is 5.32 Å². The first-order chi connectivity index (χ1) is 14.4. The van der Waals surface area contributed by atoms with Crippen LogP contribution in [0.5, 0.6) is 0 Å². The van der Waals surface area contributed by atoms with Gasteiger partial charge < -0.3 is 5.32 Å². The van der Waals surface area contributed by atoms with E-state index >= 15 is 0 Å². The summed E-state index contributed by atoms with van der Waals surface area (Å²) in [4.78, 5) is 17.5. The van der Waals surface area contributed by atoms with E-state index in [1.165, 1.54) is 23.0 Å². The molecule has 9 heteroatoms. The summed E-state index contributed by atoms with van der Waals surface area (Å²) in [7, 11) is 0. The molecule has 1 amide bonds. The Labute approximate surface area is 186 Å². The summed E-state index contributed by atoms with van der Waals surface area (Å²) in [6.45, 7) is 1.95. The van der Waals surface area contributed by atoms with Crippen LogP contribution in [-0.2, 0) is 0 Å². The Balaban J connectivity index is 1.82. The molecule has 148 valence electrons. The van der Waals surface area contributed by atoms with E-state index in [4.69, 9.17) is 34.8 Å². The average molecular weight is 457 g/mol. The van der Waals surface area contributed by atoms with Crippen LogP contribution in [0.15, 0.2) is 48.7 Å². The van der Waals surface area contributed by atoms with Gasteiger partial charge in [-0.1, -0.05) is 53.0 Å². The molecule has 6 nitrogen and oxygen atoms in total. The second-order valence-electron chi connectivity index (χ2n) is 6.42. The summed E-state index contributed by atoms with van der Waals surface area (Å²) in [5.41, 5.74) is 1.90. The fourth-order valence-corrected chi connectivity index (χ4v) is 3.77. The van der Waals surface area contributed by atoms with Crippen LogP contribution in [0, 0.1) is 18.3 Å². The highest BCUT2D eigenvalue weighted by Crippen LogP contribution is 2.32. The molecule has 2 aromatic carbocycles. The largest absolute Gasteiger partial charge is 0.305 e. The van der Waals surface area contributed by atoms with Crippen LogP contribution in [0.3, 0.4) is 0 Å². The molecule has 0 atom stereocenters. The standard InChI is InChI=1S/C21H12Cl3N5O/c1-11-8-17(27-16-5-3-2-4-13(11)16)29-20(12(9-25)10-26-29)28-21(30)18-14(22)6-7-15(23)19(18)24/h2-8,10H,1H3,(H,28,30). The Morgan fingerprint density at radius 1 is 1.13 bits per heavy atom. The van der Waals surface area contributed by atoms with E-state index in [0.717, 1.165) is 16.5 Å². The first kappa shape index (κ1) is 20.2. The molecule has 1 N–H and O–H groups in total. The number of anilines is 1. The van der Waals surface area contributed by atoms with Crippen molar-refractivity contribution in [3.05, 3.63) is 80.4 Å². The Hall–Kier alpha value is -3.11. The Morgan fingerprint density at radius 2 is 1.87 bits per heavy atom. The lowest BCUT2D eigenvalue weighted by molar-refractivity contribution is 0.102. The van der Waals surface area contributed by atoms with Gasteiger partial charge in [-0.3, -0.25) is 4.79 Å². The number of para-hydroxylation sites is 1. The molecule has 0 saturated heterocycles. The van der Waals surface area contributed by atoms with E-state index in [1.54, 1.807) is 0 Å². The monoisotopic (exact) mass is 455 g/mol. The zero-order valence-electron chi connectivity index (χ0n) is 15.4. The number of fused-ring (bicyclic) bond motifs is 1. The highest BCUT2D eigenvalue weighted by atomic mass is 35.5. The number of nitrogens with one attached hydrogen (secondary N) is 1. The lowest BCUT2D eigenvalue weighted by Crippen LogP contribution is -2.17. The molecule has 4 rings (SSSR count). The number of nitriles is 1. The first-order valence-electron chi connectivity index (χ1n) is 8.70. The van der Waals surface area contributed by atoms with Gasteiger partial charge in [0.2, 0.25) is 0 Å². The molecular weight excluding hydrogens is 445 g/mol. The lowest BCUT2D eigenvalue weighted by atomic mass is 10.1. The Bertz CT molecular complexity index is 1360. The number of hydrogen-bond acceptors (Lipinski definition) is 4. The summed E-state index contributed by atoms with van der Waals surface area (Å²) >= 11 is 18.3. The molecule has 0 unspecified atom stereocenters. The molecule has 0 aliphatic rings. The van der Waals surface area contributed by atoms with Crippen molar-refractivity contribution in [1.29, 1.82) is 5.26 Å². The lowest BCUT2D eigenvalue weighted by Gasteiger charge is -2.12. The first-order valence-corrected chi connectivity index (χ1v) is 9.84. The molecular formula is C21H12Cl3N5O. The number of nitrogens with zero attached hydrogens (tertiary/aromatic N) is 4. The maximum Gasteiger partial charge on any atom is 0.259 e. The van der Waals surface area contributed by atoms with Gasteiger partial charge >= 0.3 is 0 Å². The zero-order chi connectivity index (χ0) is 21.4. The van der Waals surface area contributed by atoms with Crippen molar-refractivity contribution in [2.24, 2.45) is 0 Å². The van der Waals surface area contributed by atoms with Crippen LogP contribution in [-0.4, -0.2) is 20.7 Å². The summed E-state index contributed by atoms with van der Waals surface area (Å²) < 4.78 is 1.39. The number of aryl methyl sites for hydroxylation is 1. The zero-order valence-corrected chi connectivity index (χ0v) is 17.7. The molecule has 0 aliphatic carbocycles. The van der Waals surface area contributed by atoms with Crippen molar-refractivity contribution in [1.82, 2.24) is 14.8 Å². The fourth-order valence-electron chi connectivity index (χ4n) is 3.07. The minimum Gasteiger partial charge on any atom is -0.305 e. The maximum absolute atomic E-state index is 12.9. The van der Waals surface area contributed by atoms with Crippen molar-refractivity contribution in [3.63, 3.8) is 0 Å². The van der Waals surface area contributed by atoms with Crippen LogP contribution in [0.25, 0.3) is 16.7 Å². The van der Waals surface area contributed by atoms with E-state index < -0.39 is 5.91 Å². The molecule has 30 heavy (non-hydrogen) atoms. The number of hydrogen-bond donors (Lipinski definition) is 1. The molecule has 0 bridgehead atoms. The number of carbonyl (C=O) groups is 1. The van der Waals surface area contributed by atoms with E-state index in [2.05, 4.69) is 15.4 Å². The molecule has 2 aromatic heterocycles. The summed E-state index contributed by atoms with van der Waals surface area (Å²) in [6.07, 6.45) is 1.35. The number of halogens is 3. The minimum absolute atomic E-state index is 0.00474. The van der Waals surface area contributed by atoms with Gasteiger partial charge in [-0.25, -0.2) is 4.98 Å². The number of aromatic nitrogens is 3. The molecule has 0 radical (unpaired) electrons. The van der Waals surface area contributed by atoms with Gasteiger partial charge in [0, 0.05) is 5.39 Å². The average Bonchev–Trinajstić information content (AvgIpc) is 3.13. The fraction of sp³-hybridized carbons (Fsp3) is 0.0476. The number of benzene rings is 2. The van der Waals surface area contributed by atoms with Crippen LogP contribution in [0.2, 0.25) is 15.1 Å².